The summed E-state index contributed by atoms with van der Waals surface area (Å²) < 4.78 is 5.87. The summed E-state index contributed by atoms with van der Waals surface area (Å²) in [5.74, 6) is 1.32. The van der Waals surface area contributed by atoms with Crippen LogP contribution in [0, 0.1) is 6.92 Å². The third kappa shape index (κ3) is 5.41. The van der Waals surface area contributed by atoms with Crippen molar-refractivity contribution in [2.24, 2.45) is 0 Å². The first kappa shape index (κ1) is 18.2. The molecule has 1 aliphatic heterocycles. The van der Waals surface area contributed by atoms with Crippen molar-refractivity contribution < 1.29 is 4.74 Å². The fourth-order valence-electron chi connectivity index (χ4n) is 3.22. The van der Waals surface area contributed by atoms with Crippen LogP contribution in [0.2, 0.25) is 5.02 Å². The van der Waals surface area contributed by atoms with Gasteiger partial charge in [0.05, 0.1) is 12.3 Å². The van der Waals surface area contributed by atoms with E-state index in [1.165, 1.54) is 45.3 Å². The largest absolute Gasteiger partial charge is 0.478 e. The molecule has 0 radical (unpaired) electrons. The van der Waals surface area contributed by atoms with Crippen LogP contribution < -0.4 is 4.74 Å². The van der Waals surface area contributed by atoms with Gasteiger partial charge in [-0.2, -0.15) is 4.98 Å². The van der Waals surface area contributed by atoms with Crippen LogP contribution in [0.25, 0.3) is 11.3 Å². The number of aryl methyl sites for hydroxylation is 1. The quantitative estimate of drug-likeness (QED) is 0.668. The molecular formula is C20H26ClN3O. The number of hydrogen-bond acceptors (Lipinski definition) is 4. The second-order valence-electron chi connectivity index (χ2n) is 6.58. The molecule has 2 aromatic rings. The van der Waals surface area contributed by atoms with Gasteiger partial charge < -0.3 is 9.64 Å². The van der Waals surface area contributed by atoms with Crippen LogP contribution in [0.15, 0.2) is 30.3 Å². The average molecular weight is 360 g/mol. The maximum atomic E-state index is 6.28. The van der Waals surface area contributed by atoms with Crippen molar-refractivity contribution in [1.82, 2.24) is 14.9 Å². The third-order valence-corrected chi connectivity index (χ3v) is 4.86. The molecule has 1 aliphatic rings. The number of nitrogens with zero attached hydrogens (tertiary/aromatic N) is 3. The average Bonchev–Trinajstić information content (AvgIpc) is 2.62. The van der Waals surface area contributed by atoms with Crippen LogP contribution in [-0.4, -0.2) is 41.1 Å². The van der Waals surface area contributed by atoms with Gasteiger partial charge in [-0.1, -0.05) is 36.2 Å². The first-order valence-corrected chi connectivity index (χ1v) is 9.56. The molecule has 1 aromatic heterocycles. The number of halogens is 1. The maximum absolute atomic E-state index is 6.28. The van der Waals surface area contributed by atoms with E-state index in [4.69, 9.17) is 16.3 Å². The summed E-state index contributed by atoms with van der Waals surface area (Å²) in [7, 11) is 0. The lowest BCUT2D eigenvalue weighted by Gasteiger charge is -2.26. The molecule has 0 N–H and O–H groups in total. The number of aromatic nitrogens is 2. The predicted molar refractivity (Wildman–Crippen MR) is 102 cm³/mol. The van der Waals surface area contributed by atoms with Crippen LogP contribution in [0.4, 0.5) is 0 Å². The second-order valence-corrected chi connectivity index (χ2v) is 6.98. The van der Waals surface area contributed by atoms with Gasteiger partial charge >= 0.3 is 0 Å². The molecule has 3 rings (SSSR count). The molecule has 134 valence electrons. The van der Waals surface area contributed by atoms with E-state index in [2.05, 4.69) is 14.9 Å². The van der Waals surface area contributed by atoms with Gasteiger partial charge in [0, 0.05) is 16.7 Å². The molecule has 0 atom stereocenters. The van der Waals surface area contributed by atoms with Crippen LogP contribution in [0.3, 0.4) is 0 Å². The summed E-state index contributed by atoms with van der Waals surface area (Å²) in [5.41, 5.74) is 1.71. The normalized spacial score (nSPS) is 15.3. The van der Waals surface area contributed by atoms with Crippen molar-refractivity contribution in [3.05, 3.63) is 41.2 Å². The first-order valence-electron chi connectivity index (χ1n) is 9.18. The van der Waals surface area contributed by atoms with Crippen molar-refractivity contribution in [2.75, 3.05) is 26.2 Å². The van der Waals surface area contributed by atoms with Crippen molar-refractivity contribution in [2.45, 2.75) is 39.0 Å². The molecule has 25 heavy (non-hydrogen) atoms. The standard InChI is InChI=1S/C20H26ClN3O/c1-16-22-19(17-9-3-4-10-18(17)21)15-20(23-16)25-14-8-7-13-24-11-5-2-6-12-24/h3-4,9-10,15H,2,5-8,11-14H2,1H3. The molecule has 4 nitrogen and oxygen atoms in total. The van der Waals surface area contributed by atoms with Gasteiger partial charge in [-0.25, -0.2) is 4.98 Å². The smallest absolute Gasteiger partial charge is 0.217 e. The monoisotopic (exact) mass is 359 g/mol. The number of rotatable bonds is 7. The van der Waals surface area contributed by atoms with E-state index in [0.717, 1.165) is 17.7 Å². The van der Waals surface area contributed by atoms with Crippen molar-refractivity contribution in [1.29, 1.82) is 0 Å². The molecular weight excluding hydrogens is 334 g/mol. The number of unbranched alkanes of at least 4 members (excludes halogenated alkanes) is 1. The Morgan fingerprint density at radius 3 is 2.68 bits per heavy atom. The van der Waals surface area contributed by atoms with Crippen molar-refractivity contribution >= 4 is 11.6 Å². The van der Waals surface area contributed by atoms with Gasteiger partial charge in [-0.3, -0.25) is 0 Å². The van der Waals surface area contributed by atoms with E-state index in [0.29, 0.717) is 23.3 Å². The number of likely N-dealkylation sites (tertiary alicyclic amines) is 1. The second kappa shape index (κ2) is 9.16. The Balaban J connectivity index is 1.51. The zero-order valence-electron chi connectivity index (χ0n) is 14.9. The number of piperidine rings is 1. The molecule has 0 bridgehead atoms. The van der Waals surface area contributed by atoms with Crippen molar-refractivity contribution in [3.63, 3.8) is 0 Å². The minimum atomic E-state index is 0.625. The van der Waals surface area contributed by atoms with Gasteiger partial charge in [0.1, 0.15) is 5.82 Å². The Morgan fingerprint density at radius 1 is 1.08 bits per heavy atom. The Kier molecular flexibility index (Phi) is 6.65. The molecule has 1 fully saturated rings. The zero-order valence-corrected chi connectivity index (χ0v) is 15.6. The summed E-state index contributed by atoms with van der Waals surface area (Å²) in [5, 5.41) is 0.688. The lowest BCUT2D eigenvalue weighted by Crippen LogP contribution is -2.30. The van der Waals surface area contributed by atoms with Crippen LogP contribution in [-0.2, 0) is 0 Å². The van der Waals surface area contributed by atoms with E-state index < -0.39 is 0 Å². The Labute approximate surface area is 155 Å². The number of benzene rings is 1. The van der Waals surface area contributed by atoms with Gasteiger partial charge in [0.25, 0.3) is 0 Å². The summed E-state index contributed by atoms with van der Waals surface area (Å²) in [4.78, 5) is 11.4. The maximum Gasteiger partial charge on any atom is 0.217 e. The molecule has 1 aromatic carbocycles. The van der Waals surface area contributed by atoms with E-state index in [-0.39, 0.29) is 0 Å². The van der Waals surface area contributed by atoms with Crippen LogP contribution in [0.5, 0.6) is 5.88 Å². The topological polar surface area (TPSA) is 38.2 Å². The summed E-state index contributed by atoms with van der Waals surface area (Å²) >= 11 is 6.28. The Bertz CT molecular complexity index is 686. The van der Waals surface area contributed by atoms with Gasteiger partial charge in [0.2, 0.25) is 5.88 Å². The summed E-state index contributed by atoms with van der Waals surface area (Å²) in [6.07, 6.45) is 6.30. The Hall–Kier alpha value is -1.65. The molecule has 0 aliphatic carbocycles. The number of ether oxygens (including phenoxy) is 1. The molecule has 0 unspecified atom stereocenters. The highest BCUT2D eigenvalue weighted by Crippen LogP contribution is 2.27. The molecule has 0 spiro atoms. The molecule has 0 saturated carbocycles. The lowest BCUT2D eigenvalue weighted by molar-refractivity contribution is 0.215. The van der Waals surface area contributed by atoms with Gasteiger partial charge in [-0.15, -0.1) is 0 Å². The van der Waals surface area contributed by atoms with E-state index >= 15 is 0 Å². The van der Waals surface area contributed by atoms with E-state index in [1.54, 1.807) is 0 Å². The SMILES string of the molecule is Cc1nc(OCCCCN2CCCCC2)cc(-c2ccccc2Cl)n1. The highest BCUT2D eigenvalue weighted by Gasteiger charge is 2.10. The summed E-state index contributed by atoms with van der Waals surface area (Å²) in [6, 6.07) is 9.58. The highest BCUT2D eigenvalue weighted by molar-refractivity contribution is 6.33. The van der Waals surface area contributed by atoms with Gasteiger partial charge in [-0.05, 0) is 58.3 Å². The molecule has 1 saturated heterocycles. The van der Waals surface area contributed by atoms with E-state index in [1.807, 2.05) is 37.3 Å². The van der Waals surface area contributed by atoms with Crippen LogP contribution in [0.1, 0.15) is 37.9 Å². The van der Waals surface area contributed by atoms with Crippen molar-refractivity contribution in [3.8, 4) is 17.1 Å². The predicted octanol–water partition coefficient (Wildman–Crippen LogP) is 4.75. The fourth-order valence-corrected chi connectivity index (χ4v) is 3.45. The summed E-state index contributed by atoms with van der Waals surface area (Å²) in [6.45, 7) is 6.26. The molecule has 0 amide bonds. The number of hydrogen-bond donors (Lipinski definition) is 0. The Morgan fingerprint density at radius 2 is 1.88 bits per heavy atom. The minimum absolute atomic E-state index is 0.625. The van der Waals surface area contributed by atoms with E-state index in [9.17, 15) is 0 Å². The van der Waals surface area contributed by atoms with Gasteiger partial charge in [0.15, 0.2) is 0 Å². The minimum Gasteiger partial charge on any atom is -0.478 e. The third-order valence-electron chi connectivity index (χ3n) is 4.53. The first-order chi connectivity index (χ1) is 12.2. The molecule has 2 heterocycles. The highest BCUT2D eigenvalue weighted by atomic mass is 35.5. The lowest BCUT2D eigenvalue weighted by atomic mass is 10.1. The molecule has 5 heteroatoms. The fraction of sp³-hybridized carbons (Fsp3) is 0.500. The zero-order chi connectivity index (χ0) is 17.5. The van der Waals surface area contributed by atoms with Crippen LogP contribution >= 0.6 is 11.6 Å².